The van der Waals surface area contributed by atoms with Crippen LogP contribution in [0.2, 0.25) is 5.02 Å². The Balaban J connectivity index is 1.59. The summed E-state index contributed by atoms with van der Waals surface area (Å²) in [5, 5.41) is 3.29. The van der Waals surface area contributed by atoms with Gasteiger partial charge in [0.15, 0.2) is 0 Å². The van der Waals surface area contributed by atoms with Gasteiger partial charge in [-0.3, -0.25) is 9.59 Å². The topological polar surface area (TPSA) is 110 Å². The number of sulfonamides is 1. The van der Waals surface area contributed by atoms with Crippen molar-refractivity contribution in [3.63, 3.8) is 0 Å². The van der Waals surface area contributed by atoms with E-state index in [9.17, 15) is 18.0 Å². The molecule has 2 aromatic carbocycles. The van der Waals surface area contributed by atoms with Crippen LogP contribution >= 0.6 is 11.6 Å². The molecule has 0 radical (unpaired) electrons. The Kier molecular flexibility index (Phi) is 6.56. The summed E-state index contributed by atoms with van der Waals surface area (Å²) in [5.41, 5.74) is 6.60. The number of hydrogen-bond donors (Lipinski definition) is 2. The van der Waals surface area contributed by atoms with Crippen LogP contribution in [0.1, 0.15) is 28.8 Å². The predicted octanol–water partition coefficient (Wildman–Crippen LogP) is 2.62. The number of rotatable bonds is 6. The van der Waals surface area contributed by atoms with Crippen molar-refractivity contribution in [1.29, 1.82) is 0 Å². The van der Waals surface area contributed by atoms with Gasteiger partial charge < -0.3 is 11.1 Å². The number of piperidine rings is 1. The zero-order valence-corrected chi connectivity index (χ0v) is 17.2. The van der Waals surface area contributed by atoms with Gasteiger partial charge >= 0.3 is 0 Å². The van der Waals surface area contributed by atoms with Gasteiger partial charge in [0.1, 0.15) is 0 Å². The lowest BCUT2D eigenvalue weighted by atomic mass is 9.97. The van der Waals surface area contributed by atoms with E-state index >= 15 is 0 Å². The number of halogens is 1. The molecule has 0 saturated carbocycles. The van der Waals surface area contributed by atoms with Crippen molar-refractivity contribution in [3.05, 3.63) is 64.7 Å². The van der Waals surface area contributed by atoms with E-state index < -0.39 is 15.9 Å². The van der Waals surface area contributed by atoms with Gasteiger partial charge in [-0.15, -0.1) is 0 Å². The molecule has 1 heterocycles. The van der Waals surface area contributed by atoms with Crippen LogP contribution in [0.15, 0.2) is 48.5 Å². The average Bonchev–Trinajstić information content (AvgIpc) is 2.70. The third-order valence-electron chi connectivity index (χ3n) is 4.93. The summed E-state index contributed by atoms with van der Waals surface area (Å²) in [7, 11) is -3.48. The molecular weight excluding hydrogens is 414 g/mol. The first-order valence-corrected chi connectivity index (χ1v) is 11.2. The minimum Gasteiger partial charge on any atom is -0.366 e. The minimum atomic E-state index is -3.48. The van der Waals surface area contributed by atoms with Crippen molar-refractivity contribution in [2.24, 2.45) is 11.7 Å². The summed E-state index contributed by atoms with van der Waals surface area (Å²) in [6.45, 7) is 0.539. The summed E-state index contributed by atoms with van der Waals surface area (Å²) in [6, 6.07) is 13.2. The molecule has 7 nitrogen and oxygen atoms in total. The second-order valence-electron chi connectivity index (χ2n) is 6.96. The lowest BCUT2D eigenvalue weighted by Gasteiger charge is -2.30. The van der Waals surface area contributed by atoms with Crippen molar-refractivity contribution < 1.29 is 18.0 Å². The monoisotopic (exact) mass is 435 g/mol. The van der Waals surface area contributed by atoms with Crippen molar-refractivity contribution in [2.45, 2.75) is 18.6 Å². The van der Waals surface area contributed by atoms with Gasteiger partial charge in [0.2, 0.25) is 15.9 Å². The summed E-state index contributed by atoms with van der Waals surface area (Å²) in [5.74, 6) is -1.30. The molecule has 1 saturated heterocycles. The second-order valence-corrected chi connectivity index (χ2v) is 9.36. The van der Waals surface area contributed by atoms with Crippen LogP contribution < -0.4 is 11.1 Å². The fourth-order valence-electron chi connectivity index (χ4n) is 3.32. The zero-order chi connectivity index (χ0) is 21.0. The molecule has 0 aliphatic carbocycles. The summed E-state index contributed by atoms with van der Waals surface area (Å²) in [4.78, 5) is 24.1. The molecule has 2 aromatic rings. The van der Waals surface area contributed by atoms with E-state index in [0.717, 1.165) is 0 Å². The van der Waals surface area contributed by atoms with Gasteiger partial charge in [0.05, 0.1) is 17.0 Å². The number of primary amides is 1. The van der Waals surface area contributed by atoms with Crippen LogP contribution in [-0.4, -0.2) is 37.6 Å². The molecule has 2 amide bonds. The molecule has 9 heteroatoms. The number of nitrogens with one attached hydrogen (secondary N) is 1. The van der Waals surface area contributed by atoms with Crippen LogP contribution in [0, 0.1) is 5.92 Å². The van der Waals surface area contributed by atoms with E-state index in [4.69, 9.17) is 17.3 Å². The fourth-order valence-corrected chi connectivity index (χ4v) is 5.01. The molecule has 1 aliphatic heterocycles. The van der Waals surface area contributed by atoms with Crippen molar-refractivity contribution in [1.82, 2.24) is 4.31 Å². The number of carbonyl (C=O) groups excluding carboxylic acids is 2. The molecule has 0 unspecified atom stereocenters. The summed E-state index contributed by atoms with van der Waals surface area (Å²) in [6.07, 6.45) is 0.814. The number of hydrogen-bond acceptors (Lipinski definition) is 4. The first-order chi connectivity index (χ1) is 13.8. The van der Waals surface area contributed by atoms with Gasteiger partial charge in [-0.1, -0.05) is 35.9 Å². The number of para-hydroxylation sites is 1. The van der Waals surface area contributed by atoms with E-state index in [-0.39, 0.29) is 36.2 Å². The van der Waals surface area contributed by atoms with Crippen LogP contribution in [0.25, 0.3) is 0 Å². The highest BCUT2D eigenvalue weighted by molar-refractivity contribution is 7.88. The molecule has 1 fully saturated rings. The van der Waals surface area contributed by atoms with Gasteiger partial charge in [0, 0.05) is 24.0 Å². The highest BCUT2D eigenvalue weighted by Crippen LogP contribution is 2.24. The Hall–Kier alpha value is -2.42. The molecule has 0 atom stereocenters. The van der Waals surface area contributed by atoms with Crippen LogP contribution in [0.4, 0.5) is 5.69 Å². The normalized spacial score (nSPS) is 15.8. The van der Waals surface area contributed by atoms with E-state index in [0.29, 0.717) is 29.1 Å². The van der Waals surface area contributed by atoms with Crippen LogP contribution in [0.5, 0.6) is 0 Å². The van der Waals surface area contributed by atoms with Gasteiger partial charge in [-0.25, -0.2) is 12.7 Å². The molecule has 3 N–H and O–H groups in total. The quantitative estimate of drug-likeness (QED) is 0.726. The second kappa shape index (κ2) is 8.94. The summed E-state index contributed by atoms with van der Waals surface area (Å²) < 4.78 is 26.8. The number of amides is 2. The lowest BCUT2D eigenvalue weighted by Crippen LogP contribution is -2.42. The molecular formula is C20H22ClN3O4S. The Morgan fingerprint density at radius 3 is 2.31 bits per heavy atom. The molecule has 154 valence electrons. The van der Waals surface area contributed by atoms with Gasteiger partial charge in [-0.2, -0.15) is 0 Å². The molecule has 3 rings (SSSR count). The highest BCUT2D eigenvalue weighted by atomic mass is 35.5. The van der Waals surface area contributed by atoms with Crippen molar-refractivity contribution in [2.75, 3.05) is 18.4 Å². The van der Waals surface area contributed by atoms with E-state index in [2.05, 4.69) is 5.32 Å². The molecule has 1 aliphatic rings. The highest BCUT2D eigenvalue weighted by Gasteiger charge is 2.31. The third-order valence-corrected chi connectivity index (χ3v) is 7.03. The van der Waals surface area contributed by atoms with Crippen LogP contribution in [-0.2, 0) is 20.6 Å². The Morgan fingerprint density at radius 1 is 1.07 bits per heavy atom. The first-order valence-electron chi connectivity index (χ1n) is 9.18. The summed E-state index contributed by atoms with van der Waals surface area (Å²) >= 11 is 5.84. The number of benzene rings is 2. The van der Waals surface area contributed by atoms with Crippen molar-refractivity contribution >= 4 is 39.1 Å². The van der Waals surface area contributed by atoms with E-state index in [1.807, 2.05) is 0 Å². The standard InChI is InChI=1S/C20H22ClN3O4S/c21-16-7-5-14(6-8-16)13-29(27,28)24-11-9-15(10-12-24)20(26)23-18-4-2-1-3-17(18)19(22)25/h1-8,15H,9-13H2,(H2,22,25)(H,23,26). The number of nitrogens with zero attached hydrogens (tertiary/aromatic N) is 1. The number of nitrogens with two attached hydrogens (primary N) is 1. The molecule has 0 aromatic heterocycles. The largest absolute Gasteiger partial charge is 0.366 e. The van der Waals surface area contributed by atoms with Crippen molar-refractivity contribution in [3.8, 4) is 0 Å². The molecule has 0 spiro atoms. The average molecular weight is 436 g/mol. The van der Waals surface area contributed by atoms with Gasteiger partial charge in [0.25, 0.3) is 5.91 Å². The van der Waals surface area contributed by atoms with E-state index in [1.165, 1.54) is 4.31 Å². The predicted molar refractivity (Wildman–Crippen MR) is 112 cm³/mol. The smallest absolute Gasteiger partial charge is 0.250 e. The van der Waals surface area contributed by atoms with E-state index in [1.54, 1.807) is 48.5 Å². The Labute approximate surface area is 174 Å². The Bertz CT molecular complexity index is 1000. The van der Waals surface area contributed by atoms with Crippen LogP contribution in [0.3, 0.4) is 0 Å². The first kappa shape index (κ1) is 21.3. The molecule has 0 bridgehead atoms. The maximum absolute atomic E-state index is 12.7. The maximum atomic E-state index is 12.7. The Morgan fingerprint density at radius 2 is 1.69 bits per heavy atom. The third kappa shape index (κ3) is 5.35. The minimum absolute atomic E-state index is 0.104. The fraction of sp³-hybridized carbons (Fsp3) is 0.300. The number of carbonyl (C=O) groups is 2. The zero-order valence-electron chi connectivity index (χ0n) is 15.7. The molecule has 29 heavy (non-hydrogen) atoms. The lowest BCUT2D eigenvalue weighted by molar-refractivity contribution is -0.120. The maximum Gasteiger partial charge on any atom is 0.250 e. The number of anilines is 1. The SMILES string of the molecule is NC(=O)c1ccccc1NC(=O)C1CCN(S(=O)(=O)Cc2ccc(Cl)cc2)CC1. The van der Waals surface area contributed by atoms with Gasteiger partial charge in [-0.05, 0) is 42.7 Å².